The van der Waals surface area contributed by atoms with Gasteiger partial charge < -0.3 is 0 Å². The number of thiophene rings is 1. The smallest absolute Gasteiger partial charge is 0.242 e. The number of pyridine rings is 1. The first-order valence-electron chi connectivity index (χ1n) is 6.62. The number of nitrogens with zero attached hydrogens (tertiary/aromatic N) is 2. The first-order chi connectivity index (χ1) is 11.0. The highest BCUT2D eigenvalue weighted by Gasteiger charge is 2.34. The summed E-state index contributed by atoms with van der Waals surface area (Å²) in [7, 11) is 0. The van der Waals surface area contributed by atoms with Crippen molar-refractivity contribution in [1.29, 1.82) is 5.26 Å². The predicted octanol–water partition coefficient (Wildman–Crippen LogP) is 5.37. The highest BCUT2D eigenvalue weighted by atomic mass is 32.1. The lowest BCUT2D eigenvalue weighted by molar-refractivity contribution is -0.141. The average Bonchev–Trinajstić information content (AvgIpc) is 3.07. The summed E-state index contributed by atoms with van der Waals surface area (Å²) in [6.45, 7) is 0. The van der Waals surface area contributed by atoms with Crippen molar-refractivity contribution < 1.29 is 13.2 Å². The molecule has 0 amide bonds. The lowest BCUT2D eigenvalue weighted by Gasteiger charge is -2.13. The van der Waals surface area contributed by atoms with E-state index < -0.39 is 11.9 Å². The molecule has 1 aromatic carbocycles. The van der Waals surface area contributed by atoms with E-state index in [4.69, 9.17) is 0 Å². The van der Waals surface area contributed by atoms with Crippen LogP contribution in [0.3, 0.4) is 0 Å². The number of nitriles is 1. The number of halogens is 3. The molecule has 2 aromatic heterocycles. The molecule has 3 aromatic rings. The lowest BCUT2D eigenvalue weighted by Crippen LogP contribution is -2.10. The van der Waals surface area contributed by atoms with Crippen molar-refractivity contribution in [1.82, 2.24) is 4.98 Å². The normalized spacial score (nSPS) is 11.2. The zero-order valence-electron chi connectivity index (χ0n) is 11.6. The van der Waals surface area contributed by atoms with Crippen LogP contribution in [0.25, 0.3) is 21.7 Å². The first-order valence-corrected chi connectivity index (χ1v) is 7.50. The number of aromatic nitrogens is 1. The number of alkyl halides is 3. The molecule has 2 heterocycles. The number of rotatable bonds is 2. The molecule has 0 atom stereocenters. The maximum atomic E-state index is 13.2. The molecule has 2 nitrogen and oxygen atoms in total. The first kappa shape index (κ1) is 15.3. The van der Waals surface area contributed by atoms with E-state index >= 15 is 0 Å². The Morgan fingerprint density at radius 3 is 2.35 bits per heavy atom. The molecule has 0 spiro atoms. The fraction of sp³-hybridized carbons (Fsp3) is 0.0588. The fourth-order valence-electron chi connectivity index (χ4n) is 2.23. The Hall–Kier alpha value is -2.65. The monoisotopic (exact) mass is 330 g/mol. The summed E-state index contributed by atoms with van der Waals surface area (Å²) < 4.78 is 39.6. The Bertz CT molecular complexity index is 863. The van der Waals surface area contributed by atoms with Crippen LogP contribution in [0, 0.1) is 11.3 Å². The van der Waals surface area contributed by atoms with Crippen LogP contribution in [0.15, 0.2) is 53.9 Å². The van der Waals surface area contributed by atoms with Gasteiger partial charge in [0.1, 0.15) is 11.8 Å². The highest BCUT2D eigenvalue weighted by molar-refractivity contribution is 7.13. The number of hydrogen-bond donors (Lipinski definition) is 0. The van der Waals surface area contributed by atoms with Gasteiger partial charge in [-0.25, -0.2) is 4.98 Å². The van der Waals surface area contributed by atoms with Crippen LogP contribution < -0.4 is 0 Å². The molecule has 0 saturated heterocycles. The van der Waals surface area contributed by atoms with Gasteiger partial charge in [0.25, 0.3) is 0 Å². The Morgan fingerprint density at radius 1 is 1.04 bits per heavy atom. The highest BCUT2D eigenvalue weighted by Crippen LogP contribution is 2.38. The Morgan fingerprint density at radius 2 is 1.78 bits per heavy atom. The quantitative estimate of drug-likeness (QED) is 0.633. The van der Waals surface area contributed by atoms with E-state index in [1.165, 1.54) is 11.3 Å². The van der Waals surface area contributed by atoms with Crippen molar-refractivity contribution in [3.63, 3.8) is 0 Å². The van der Waals surface area contributed by atoms with Crippen LogP contribution >= 0.6 is 11.3 Å². The molecule has 0 aliphatic heterocycles. The average molecular weight is 330 g/mol. The summed E-state index contributed by atoms with van der Waals surface area (Å²) in [6.07, 6.45) is -4.58. The minimum absolute atomic E-state index is 0.0475. The third-order valence-corrected chi connectivity index (χ3v) is 4.16. The Balaban J connectivity index is 2.35. The molecular formula is C17H9F3N2S. The molecule has 114 valence electrons. The van der Waals surface area contributed by atoms with Gasteiger partial charge in [0.2, 0.25) is 0 Å². The summed E-state index contributed by atoms with van der Waals surface area (Å²) >= 11 is 1.28. The second-order valence-electron chi connectivity index (χ2n) is 4.73. The molecule has 23 heavy (non-hydrogen) atoms. The molecule has 0 fully saturated rings. The predicted molar refractivity (Wildman–Crippen MR) is 82.7 cm³/mol. The van der Waals surface area contributed by atoms with Gasteiger partial charge in [0.15, 0.2) is 0 Å². The largest absolute Gasteiger partial charge is 0.433 e. The lowest BCUT2D eigenvalue weighted by atomic mass is 9.99. The molecule has 0 aliphatic rings. The van der Waals surface area contributed by atoms with E-state index in [9.17, 15) is 18.4 Å². The SMILES string of the molecule is N#Cc1c(-c2cccs2)cc(C(F)(F)F)nc1-c1ccccc1. The third kappa shape index (κ3) is 2.96. The van der Waals surface area contributed by atoms with Crippen LogP contribution in [0.4, 0.5) is 13.2 Å². The van der Waals surface area contributed by atoms with Gasteiger partial charge >= 0.3 is 6.18 Å². The summed E-state index contributed by atoms with van der Waals surface area (Å²) in [6, 6.07) is 14.8. The van der Waals surface area contributed by atoms with Crippen molar-refractivity contribution in [3.05, 3.63) is 65.2 Å². The maximum Gasteiger partial charge on any atom is 0.433 e. The van der Waals surface area contributed by atoms with Crippen molar-refractivity contribution in [2.75, 3.05) is 0 Å². The summed E-state index contributed by atoms with van der Waals surface area (Å²) in [5, 5.41) is 11.2. The number of benzene rings is 1. The van der Waals surface area contributed by atoms with Crippen LogP contribution in [0.1, 0.15) is 11.3 Å². The molecule has 0 unspecified atom stereocenters. The van der Waals surface area contributed by atoms with E-state index in [0.29, 0.717) is 10.4 Å². The van der Waals surface area contributed by atoms with Gasteiger partial charge in [0, 0.05) is 16.0 Å². The molecule has 0 saturated carbocycles. The van der Waals surface area contributed by atoms with E-state index in [0.717, 1.165) is 6.07 Å². The van der Waals surface area contributed by atoms with E-state index in [1.54, 1.807) is 47.8 Å². The zero-order valence-corrected chi connectivity index (χ0v) is 12.4. The van der Waals surface area contributed by atoms with Gasteiger partial charge in [-0.05, 0) is 17.5 Å². The van der Waals surface area contributed by atoms with Gasteiger partial charge in [-0.15, -0.1) is 11.3 Å². The van der Waals surface area contributed by atoms with Crippen LogP contribution in [-0.4, -0.2) is 4.98 Å². The zero-order chi connectivity index (χ0) is 16.4. The standard InChI is InChI=1S/C17H9F3N2S/c18-17(19,20)15-9-12(14-7-4-8-23-14)13(10-21)16(22-15)11-5-2-1-3-6-11/h1-9H. The van der Waals surface area contributed by atoms with E-state index in [1.807, 2.05) is 6.07 Å². The molecule has 0 radical (unpaired) electrons. The fourth-order valence-corrected chi connectivity index (χ4v) is 2.98. The second-order valence-corrected chi connectivity index (χ2v) is 5.68. The topological polar surface area (TPSA) is 36.7 Å². The van der Waals surface area contributed by atoms with Crippen LogP contribution in [0.5, 0.6) is 0 Å². The molecule has 0 bridgehead atoms. The summed E-state index contributed by atoms with van der Waals surface area (Å²) in [5.41, 5.74) is -0.0756. The van der Waals surface area contributed by atoms with Crippen molar-refractivity contribution in [3.8, 4) is 27.8 Å². The maximum absolute atomic E-state index is 13.2. The van der Waals surface area contributed by atoms with Crippen molar-refractivity contribution >= 4 is 11.3 Å². The van der Waals surface area contributed by atoms with Gasteiger partial charge in [-0.1, -0.05) is 36.4 Å². The third-order valence-electron chi connectivity index (χ3n) is 3.26. The molecule has 3 rings (SSSR count). The summed E-state index contributed by atoms with van der Waals surface area (Å²) in [5.74, 6) is 0. The Labute approximate surface area is 134 Å². The van der Waals surface area contributed by atoms with E-state index in [2.05, 4.69) is 4.98 Å². The second kappa shape index (κ2) is 5.86. The van der Waals surface area contributed by atoms with Crippen LogP contribution in [-0.2, 0) is 6.18 Å². The van der Waals surface area contributed by atoms with Crippen molar-refractivity contribution in [2.45, 2.75) is 6.18 Å². The summed E-state index contributed by atoms with van der Waals surface area (Å²) in [4.78, 5) is 4.32. The molecular weight excluding hydrogens is 321 g/mol. The van der Waals surface area contributed by atoms with Crippen LogP contribution in [0.2, 0.25) is 0 Å². The number of hydrogen-bond acceptors (Lipinski definition) is 3. The van der Waals surface area contributed by atoms with Gasteiger partial charge in [0.05, 0.1) is 11.3 Å². The van der Waals surface area contributed by atoms with E-state index in [-0.39, 0.29) is 16.8 Å². The molecule has 6 heteroatoms. The molecule has 0 aliphatic carbocycles. The van der Waals surface area contributed by atoms with Gasteiger partial charge in [-0.3, -0.25) is 0 Å². The Kier molecular flexibility index (Phi) is 3.89. The van der Waals surface area contributed by atoms with Gasteiger partial charge in [-0.2, -0.15) is 18.4 Å². The minimum Gasteiger partial charge on any atom is -0.242 e. The molecule has 0 N–H and O–H groups in total. The minimum atomic E-state index is -4.58. The van der Waals surface area contributed by atoms with Crippen molar-refractivity contribution in [2.24, 2.45) is 0 Å².